The van der Waals surface area contributed by atoms with E-state index in [4.69, 9.17) is 10.2 Å². The average molecular weight is 478 g/mol. The van der Waals surface area contributed by atoms with Crippen LogP contribution in [0, 0.1) is 0 Å². The van der Waals surface area contributed by atoms with Crippen molar-refractivity contribution in [2.24, 2.45) is 0 Å². The van der Waals surface area contributed by atoms with Crippen molar-refractivity contribution in [3.05, 3.63) is 70.0 Å². The van der Waals surface area contributed by atoms with Crippen LogP contribution in [0.4, 0.5) is 5.69 Å². The highest BCUT2D eigenvalue weighted by molar-refractivity contribution is 6.74. The Morgan fingerprint density at radius 2 is 1.71 bits per heavy atom. The lowest BCUT2D eigenvalue weighted by atomic mass is 9.98. The third-order valence-electron chi connectivity index (χ3n) is 7.18. The third-order valence-corrected chi connectivity index (χ3v) is 11.7. The molecule has 0 bridgehead atoms. The predicted octanol–water partition coefficient (Wildman–Crippen LogP) is 5.78. The van der Waals surface area contributed by atoms with Crippen LogP contribution in [-0.2, 0) is 16.6 Å². The second kappa shape index (κ2) is 8.11. The number of nitrogens with one attached hydrogen (secondary N) is 1. The quantitative estimate of drug-likeness (QED) is 0.251. The van der Waals surface area contributed by atoms with E-state index in [1.165, 1.54) is 0 Å². The molecule has 0 aliphatic heterocycles. The van der Waals surface area contributed by atoms with Crippen molar-refractivity contribution in [1.29, 1.82) is 0 Å². The Morgan fingerprint density at radius 3 is 2.35 bits per heavy atom. The van der Waals surface area contributed by atoms with Crippen LogP contribution in [0.1, 0.15) is 45.7 Å². The number of aromatic nitrogens is 2. The first-order valence-corrected chi connectivity index (χ1v) is 14.5. The van der Waals surface area contributed by atoms with Gasteiger partial charge in [0.05, 0.1) is 28.9 Å². The van der Waals surface area contributed by atoms with Gasteiger partial charge in [0.15, 0.2) is 8.32 Å². The summed E-state index contributed by atoms with van der Waals surface area (Å²) >= 11 is 0. The molecular weight excluding hydrogens is 442 g/mol. The Balaban J connectivity index is 1.91. The summed E-state index contributed by atoms with van der Waals surface area (Å²) in [6.45, 7) is 15.0. The molecule has 0 aliphatic carbocycles. The van der Waals surface area contributed by atoms with Crippen molar-refractivity contribution in [1.82, 2.24) is 9.38 Å². The Labute approximate surface area is 201 Å². The van der Waals surface area contributed by atoms with Gasteiger partial charge in [-0.15, -0.1) is 0 Å². The minimum atomic E-state index is -1.99. The van der Waals surface area contributed by atoms with E-state index in [1.807, 2.05) is 52.9 Å². The number of anilines is 1. The lowest BCUT2D eigenvalue weighted by molar-refractivity contribution is 0.0787. The molecule has 0 spiro atoms. The van der Waals surface area contributed by atoms with Gasteiger partial charge < -0.3 is 24.7 Å². The maximum absolute atomic E-state index is 12.9. The van der Waals surface area contributed by atoms with Gasteiger partial charge >= 0.3 is 0 Å². The maximum Gasteiger partial charge on any atom is 0.272 e. The molecule has 34 heavy (non-hydrogen) atoms. The van der Waals surface area contributed by atoms with Crippen LogP contribution >= 0.6 is 0 Å². The molecule has 0 amide bonds. The zero-order chi connectivity index (χ0) is 25.1. The number of fused-ring (bicyclic) bond motifs is 3. The van der Waals surface area contributed by atoms with E-state index >= 15 is 0 Å². The molecule has 2 aromatic heterocycles. The molecule has 4 N–H and O–H groups in total. The molecule has 2 aromatic carbocycles. The fourth-order valence-electron chi connectivity index (χ4n) is 3.96. The Hall–Kier alpha value is -2.87. The highest BCUT2D eigenvalue weighted by Gasteiger charge is 2.37. The van der Waals surface area contributed by atoms with Crippen LogP contribution < -0.4 is 11.3 Å². The Kier molecular flexibility index (Phi) is 5.79. The molecule has 0 saturated heterocycles. The number of rotatable bonds is 5. The van der Waals surface area contributed by atoms with Gasteiger partial charge in [-0.25, -0.2) is 0 Å². The molecule has 4 rings (SSSR count). The zero-order valence-corrected chi connectivity index (χ0v) is 22.1. The van der Waals surface area contributed by atoms with E-state index in [1.54, 1.807) is 13.8 Å². The van der Waals surface area contributed by atoms with Gasteiger partial charge in [0, 0.05) is 16.8 Å². The molecule has 0 aliphatic rings. The maximum atomic E-state index is 12.9. The number of aromatic amines is 1. The first kappa shape index (κ1) is 24.3. The standard InChI is InChI=1S/C27H35N3O3Si/c1-26(2,3)34(6,7)33-16-19-18(9-8-10-20(19)28)22-13-14-24-25(31)29-21-15-17(27(4,5)32)11-12-23(21)30(22)24/h8-15,32H,16,28H2,1-7H3,(H,29,31). The molecule has 2 heterocycles. The summed E-state index contributed by atoms with van der Waals surface area (Å²) in [5, 5.41) is 10.5. The Morgan fingerprint density at radius 1 is 1.03 bits per heavy atom. The minimum absolute atomic E-state index is 0.0835. The van der Waals surface area contributed by atoms with Gasteiger partial charge in [-0.2, -0.15) is 0 Å². The average Bonchev–Trinajstić information content (AvgIpc) is 3.17. The molecule has 7 heteroatoms. The fraction of sp³-hybridized carbons (Fsp3) is 0.370. The topological polar surface area (TPSA) is 92.8 Å². The first-order chi connectivity index (χ1) is 15.7. The van der Waals surface area contributed by atoms with Gasteiger partial charge in [0.1, 0.15) is 5.52 Å². The van der Waals surface area contributed by atoms with Crippen molar-refractivity contribution >= 4 is 30.6 Å². The van der Waals surface area contributed by atoms with Crippen molar-refractivity contribution in [3.63, 3.8) is 0 Å². The number of H-pyrrole nitrogens is 1. The van der Waals surface area contributed by atoms with Gasteiger partial charge in [-0.05, 0) is 67.9 Å². The molecule has 6 nitrogen and oxygen atoms in total. The SMILES string of the molecule is CC(C)(O)c1ccc2c(c1)[nH]c(=O)c1ccc(-c3cccc(N)c3CO[Si](C)(C)C(C)(C)C)n12. The van der Waals surface area contributed by atoms with E-state index in [9.17, 15) is 9.90 Å². The lowest BCUT2D eigenvalue weighted by Crippen LogP contribution is -2.40. The molecule has 0 radical (unpaired) electrons. The summed E-state index contributed by atoms with van der Waals surface area (Å²) in [5.74, 6) is 0. The number of nitrogen functional groups attached to an aromatic ring is 1. The summed E-state index contributed by atoms with van der Waals surface area (Å²) in [6.07, 6.45) is 0. The summed E-state index contributed by atoms with van der Waals surface area (Å²) < 4.78 is 8.50. The third kappa shape index (κ3) is 4.19. The van der Waals surface area contributed by atoms with Crippen molar-refractivity contribution in [2.45, 2.75) is 65.0 Å². The summed E-state index contributed by atoms with van der Waals surface area (Å²) in [5.41, 5.74) is 11.5. The second-order valence-electron chi connectivity index (χ2n) is 11.1. The highest BCUT2D eigenvalue weighted by Crippen LogP contribution is 2.39. The number of hydrogen-bond acceptors (Lipinski definition) is 4. The van der Waals surface area contributed by atoms with Crippen LogP contribution in [0.2, 0.25) is 18.1 Å². The van der Waals surface area contributed by atoms with Gasteiger partial charge in [0.25, 0.3) is 5.56 Å². The zero-order valence-electron chi connectivity index (χ0n) is 21.1. The van der Waals surface area contributed by atoms with Gasteiger partial charge in [0.2, 0.25) is 0 Å². The number of nitrogens with zero attached hydrogens (tertiary/aromatic N) is 1. The lowest BCUT2D eigenvalue weighted by Gasteiger charge is -2.36. The fourth-order valence-corrected chi connectivity index (χ4v) is 4.89. The summed E-state index contributed by atoms with van der Waals surface area (Å²) in [7, 11) is -1.99. The minimum Gasteiger partial charge on any atom is -0.412 e. The molecule has 4 aromatic rings. The van der Waals surface area contributed by atoms with Gasteiger partial charge in [-0.3, -0.25) is 4.79 Å². The summed E-state index contributed by atoms with van der Waals surface area (Å²) in [6, 6.07) is 15.3. The van der Waals surface area contributed by atoms with Crippen LogP contribution in [0.15, 0.2) is 53.3 Å². The van der Waals surface area contributed by atoms with Crippen LogP contribution in [-0.4, -0.2) is 22.8 Å². The molecule has 0 atom stereocenters. The number of benzene rings is 2. The highest BCUT2D eigenvalue weighted by atomic mass is 28.4. The van der Waals surface area contributed by atoms with Crippen molar-refractivity contribution < 1.29 is 9.53 Å². The van der Waals surface area contributed by atoms with Gasteiger partial charge in [-0.1, -0.05) is 39.0 Å². The summed E-state index contributed by atoms with van der Waals surface area (Å²) in [4.78, 5) is 15.9. The molecule has 0 unspecified atom stereocenters. The van der Waals surface area contributed by atoms with E-state index < -0.39 is 13.9 Å². The largest absolute Gasteiger partial charge is 0.412 e. The number of aliphatic hydroxyl groups is 1. The van der Waals surface area contributed by atoms with E-state index in [0.29, 0.717) is 23.3 Å². The van der Waals surface area contributed by atoms with Crippen LogP contribution in [0.5, 0.6) is 0 Å². The smallest absolute Gasteiger partial charge is 0.272 e. The van der Waals surface area contributed by atoms with Crippen LogP contribution in [0.3, 0.4) is 0 Å². The molecule has 180 valence electrons. The molecular formula is C27H35N3O3Si. The van der Waals surface area contributed by atoms with E-state index in [-0.39, 0.29) is 10.6 Å². The van der Waals surface area contributed by atoms with Crippen molar-refractivity contribution in [2.75, 3.05) is 5.73 Å². The number of nitrogens with two attached hydrogens (primary N) is 1. The van der Waals surface area contributed by atoms with E-state index in [2.05, 4.69) is 38.8 Å². The Bertz CT molecular complexity index is 1440. The van der Waals surface area contributed by atoms with Crippen molar-refractivity contribution in [3.8, 4) is 11.3 Å². The predicted molar refractivity (Wildman–Crippen MR) is 143 cm³/mol. The number of hydrogen-bond donors (Lipinski definition) is 3. The molecule has 0 saturated carbocycles. The first-order valence-electron chi connectivity index (χ1n) is 11.6. The second-order valence-corrected chi connectivity index (χ2v) is 15.9. The van der Waals surface area contributed by atoms with E-state index in [0.717, 1.165) is 27.9 Å². The molecule has 0 fully saturated rings. The normalized spacial score (nSPS) is 13.2. The van der Waals surface area contributed by atoms with Crippen LogP contribution in [0.25, 0.3) is 27.8 Å². The monoisotopic (exact) mass is 477 g/mol.